The Morgan fingerprint density at radius 3 is 2.26 bits per heavy atom. The van der Waals surface area contributed by atoms with Gasteiger partial charge in [-0.1, -0.05) is 62.3 Å². The van der Waals surface area contributed by atoms with Crippen LogP contribution in [0.5, 0.6) is 0 Å². The molecule has 4 nitrogen and oxygen atoms in total. The predicted molar refractivity (Wildman–Crippen MR) is 145 cm³/mol. The molecule has 0 unspecified atom stereocenters. The standard InChI is InChI=1S/C30H40N2O2/c1-7-10-28(33)31-25-15-17-26(18-16-25)32-29(34)21-23(3)12-8-11-22(2)14-19-27-24(4)13-9-20-30(27,5)6/h8,11-12,14-19,21H,7,9-10,13,20H2,1-6H3,(H,31,33)(H,32,34)/b12-8+,19-14+,22-11+,23-21+. The molecule has 34 heavy (non-hydrogen) atoms. The van der Waals surface area contributed by atoms with E-state index in [1.165, 1.54) is 36.0 Å². The van der Waals surface area contributed by atoms with Crippen LogP contribution >= 0.6 is 0 Å². The summed E-state index contributed by atoms with van der Waals surface area (Å²) in [6, 6.07) is 7.13. The van der Waals surface area contributed by atoms with Crippen molar-refractivity contribution < 1.29 is 9.59 Å². The molecule has 0 atom stereocenters. The molecule has 0 saturated heterocycles. The summed E-state index contributed by atoms with van der Waals surface area (Å²) < 4.78 is 0. The van der Waals surface area contributed by atoms with Gasteiger partial charge >= 0.3 is 0 Å². The molecule has 0 spiro atoms. The van der Waals surface area contributed by atoms with Crippen LogP contribution in [0.3, 0.4) is 0 Å². The van der Waals surface area contributed by atoms with Crippen molar-refractivity contribution in [2.75, 3.05) is 10.6 Å². The lowest BCUT2D eigenvalue weighted by Crippen LogP contribution is -2.19. The summed E-state index contributed by atoms with van der Waals surface area (Å²) >= 11 is 0. The monoisotopic (exact) mass is 460 g/mol. The molecule has 1 aliphatic carbocycles. The van der Waals surface area contributed by atoms with E-state index < -0.39 is 0 Å². The fourth-order valence-electron chi connectivity index (χ4n) is 4.15. The van der Waals surface area contributed by atoms with Gasteiger partial charge in [0.15, 0.2) is 0 Å². The van der Waals surface area contributed by atoms with Crippen molar-refractivity contribution in [1.82, 2.24) is 0 Å². The SMILES string of the molecule is CCCC(=O)Nc1ccc(NC(=O)/C=C(C)/C=C/C=C(C)/C=C/C2=C(C)CCCC2(C)C)cc1. The Balaban J connectivity index is 1.91. The van der Waals surface area contributed by atoms with Crippen molar-refractivity contribution in [3.05, 3.63) is 83.0 Å². The lowest BCUT2D eigenvalue weighted by atomic mass is 9.72. The number of nitrogens with one attached hydrogen (secondary N) is 2. The number of benzene rings is 1. The average Bonchev–Trinajstić information content (AvgIpc) is 2.74. The summed E-state index contributed by atoms with van der Waals surface area (Å²) in [5.41, 5.74) is 6.63. The zero-order chi connectivity index (χ0) is 25.1. The molecule has 4 heteroatoms. The quantitative estimate of drug-likeness (QED) is 0.291. The Morgan fingerprint density at radius 2 is 1.65 bits per heavy atom. The lowest BCUT2D eigenvalue weighted by Gasteiger charge is -2.32. The van der Waals surface area contributed by atoms with Crippen LogP contribution in [0.25, 0.3) is 0 Å². The van der Waals surface area contributed by atoms with E-state index in [2.05, 4.69) is 56.6 Å². The molecule has 0 radical (unpaired) electrons. The van der Waals surface area contributed by atoms with E-state index in [4.69, 9.17) is 0 Å². The maximum atomic E-state index is 12.3. The fraction of sp³-hybridized carbons (Fsp3) is 0.400. The van der Waals surface area contributed by atoms with E-state index in [9.17, 15) is 9.59 Å². The zero-order valence-corrected chi connectivity index (χ0v) is 21.6. The molecule has 0 heterocycles. The van der Waals surface area contributed by atoms with Gasteiger partial charge in [-0.15, -0.1) is 0 Å². The van der Waals surface area contributed by atoms with Crippen LogP contribution in [0, 0.1) is 5.41 Å². The molecular formula is C30H40N2O2. The van der Waals surface area contributed by atoms with E-state index in [1.54, 1.807) is 30.3 Å². The summed E-state index contributed by atoms with van der Waals surface area (Å²) in [4.78, 5) is 24.0. The second-order valence-electron chi connectivity index (χ2n) is 9.79. The zero-order valence-electron chi connectivity index (χ0n) is 21.6. The van der Waals surface area contributed by atoms with E-state index in [0.29, 0.717) is 12.1 Å². The van der Waals surface area contributed by atoms with E-state index in [-0.39, 0.29) is 17.2 Å². The molecule has 1 aromatic rings. The van der Waals surface area contributed by atoms with Crippen LogP contribution in [-0.4, -0.2) is 11.8 Å². The first-order valence-electron chi connectivity index (χ1n) is 12.2. The van der Waals surface area contributed by atoms with Gasteiger partial charge in [0.25, 0.3) is 0 Å². The van der Waals surface area contributed by atoms with E-state index in [1.807, 2.05) is 26.0 Å². The summed E-state index contributed by atoms with van der Waals surface area (Å²) in [5, 5.41) is 5.69. The Labute approximate surface area is 205 Å². The molecule has 0 saturated carbocycles. The predicted octanol–water partition coefficient (Wildman–Crippen LogP) is 7.90. The number of amides is 2. The van der Waals surface area contributed by atoms with Crippen molar-refractivity contribution in [3.8, 4) is 0 Å². The van der Waals surface area contributed by atoms with Crippen LogP contribution in [0.2, 0.25) is 0 Å². The minimum Gasteiger partial charge on any atom is -0.326 e. The van der Waals surface area contributed by atoms with Crippen LogP contribution < -0.4 is 10.6 Å². The van der Waals surface area contributed by atoms with Crippen molar-refractivity contribution in [2.45, 2.75) is 73.6 Å². The smallest absolute Gasteiger partial charge is 0.248 e. The van der Waals surface area contributed by atoms with Crippen molar-refractivity contribution in [3.63, 3.8) is 0 Å². The second-order valence-corrected chi connectivity index (χ2v) is 9.79. The second kappa shape index (κ2) is 12.9. The highest BCUT2D eigenvalue weighted by Crippen LogP contribution is 2.40. The number of carbonyl (C=O) groups is 2. The summed E-state index contributed by atoms with van der Waals surface area (Å²) in [6.45, 7) is 12.9. The Morgan fingerprint density at radius 1 is 1.00 bits per heavy atom. The minimum atomic E-state index is -0.188. The number of allylic oxidation sites excluding steroid dienone is 9. The van der Waals surface area contributed by atoms with E-state index >= 15 is 0 Å². The highest BCUT2D eigenvalue weighted by atomic mass is 16.2. The van der Waals surface area contributed by atoms with Gasteiger partial charge in [-0.2, -0.15) is 0 Å². The van der Waals surface area contributed by atoms with Crippen LogP contribution in [0.1, 0.15) is 73.6 Å². The van der Waals surface area contributed by atoms with Gasteiger partial charge in [0, 0.05) is 23.9 Å². The largest absolute Gasteiger partial charge is 0.326 e. The Kier molecular flexibility index (Phi) is 10.3. The first kappa shape index (κ1) is 27.1. The van der Waals surface area contributed by atoms with Gasteiger partial charge in [0.1, 0.15) is 0 Å². The normalized spacial score (nSPS) is 16.9. The number of anilines is 2. The van der Waals surface area contributed by atoms with E-state index in [0.717, 1.165) is 17.7 Å². The van der Waals surface area contributed by atoms with Gasteiger partial charge in [-0.25, -0.2) is 0 Å². The molecule has 0 aliphatic heterocycles. The van der Waals surface area contributed by atoms with Gasteiger partial charge < -0.3 is 10.6 Å². The minimum absolute atomic E-state index is 0.00515. The molecule has 1 aliphatic rings. The molecule has 0 fully saturated rings. The molecule has 182 valence electrons. The third-order valence-electron chi connectivity index (χ3n) is 6.05. The maximum absolute atomic E-state index is 12.3. The van der Waals surface area contributed by atoms with Gasteiger partial charge in [0.2, 0.25) is 11.8 Å². The van der Waals surface area contributed by atoms with Crippen molar-refractivity contribution >= 4 is 23.2 Å². The van der Waals surface area contributed by atoms with Crippen molar-refractivity contribution in [1.29, 1.82) is 0 Å². The van der Waals surface area contributed by atoms with Crippen LogP contribution in [-0.2, 0) is 9.59 Å². The first-order chi connectivity index (χ1) is 16.1. The van der Waals surface area contributed by atoms with Gasteiger partial charge in [-0.3, -0.25) is 9.59 Å². The summed E-state index contributed by atoms with van der Waals surface area (Å²) in [7, 11) is 0. The molecule has 2 rings (SSSR count). The number of carbonyl (C=O) groups excluding carboxylic acids is 2. The Hall–Kier alpha value is -3.14. The third-order valence-corrected chi connectivity index (χ3v) is 6.05. The maximum Gasteiger partial charge on any atom is 0.248 e. The fourth-order valence-corrected chi connectivity index (χ4v) is 4.15. The molecule has 0 bridgehead atoms. The van der Waals surface area contributed by atoms with Crippen molar-refractivity contribution in [2.24, 2.45) is 5.41 Å². The van der Waals surface area contributed by atoms with Crippen LogP contribution in [0.4, 0.5) is 11.4 Å². The molecule has 2 amide bonds. The highest BCUT2D eigenvalue weighted by Gasteiger charge is 2.26. The van der Waals surface area contributed by atoms with Gasteiger partial charge in [0.05, 0.1) is 0 Å². The third kappa shape index (κ3) is 9.01. The number of rotatable bonds is 9. The lowest BCUT2D eigenvalue weighted by molar-refractivity contribution is -0.116. The topological polar surface area (TPSA) is 58.2 Å². The molecule has 1 aromatic carbocycles. The van der Waals surface area contributed by atoms with Gasteiger partial charge in [-0.05, 0) is 87.3 Å². The Bertz CT molecular complexity index is 1020. The summed E-state index contributed by atoms with van der Waals surface area (Å²) in [5.74, 6) is -0.193. The highest BCUT2D eigenvalue weighted by molar-refractivity contribution is 6.00. The number of hydrogen-bond acceptors (Lipinski definition) is 2. The van der Waals surface area contributed by atoms with Crippen LogP contribution in [0.15, 0.2) is 83.0 Å². The average molecular weight is 461 g/mol. The first-order valence-corrected chi connectivity index (χ1v) is 12.2. The molecule has 2 N–H and O–H groups in total. The molecule has 0 aromatic heterocycles. The molecular weight excluding hydrogens is 420 g/mol. The number of hydrogen-bond donors (Lipinski definition) is 2. The summed E-state index contributed by atoms with van der Waals surface area (Å²) in [6.07, 6.45) is 17.0.